The maximum absolute atomic E-state index is 5.75. The first-order chi connectivity index (χ1) is 8.17. The van der Waals surface area contributed by atoms with Crippen molar-refractivity contribution in [3.8, 4) is 6.01 Å². The minimum atomic E-state index is 0.0712. The van der Waals surface area contributed by atoms with E-state index >= 15 is 0 Å². The van der Waals surface area contributed by atoms with Crippen LogP contribution in [0.2, 0.25) is 5.28 Å². The second-order valence-corrected chi connectivity index (χ2v) is 3.48. The van der Waals surface area contributed by atoms with Crippen LogP contribution in [0.15, 0.2) is 12.3 Å². The number of hydrogen-bond acceptors (Lipinski definition) is 6. The van der Waals surface area contributed by atoms with E-state index in [-0.39, 0.29) is 11.3 Å². The molecule has 0 saturated heterocycles. The van der Waals surface area contributed by atoms with Crippen molar-refractivity contribution in [3.63, 3.8) is 0 Å². The fourth-order valence-corrected chi connectivity index (χ4v) is 1.33. The Morgan fingerprint density at radius 3 is 2.88 bits per heavy atom. The highest BCUT2D eigenvalue weighted by Crippen LogP contribution is 2.14. The molecule has 0 saturated carbocycles. The van der Waals surface area contributed by atoms with Gasteiger partial charge in [-0.25, -0.2) is 0 Å². The lowest BCUT2D eigenvalue weighted by Gasteiger charge is -2.04. The molecule has 8 heteroatoms. The van der Waals surface area contributed by atoms with E-state index in [9.17, 15) is 0 Å². The number of hydrogen-bond donors (Lipinski definition) is 1. The molecule has 2 heterocycles. The van der Waals surface area contributed by atoms with Crippen molar-refractivity contribution in [1.29, 1.82) is 0 Å². The highest BCUT2D eigenvalue weighted by atomic mass is 35.5. The Bertz CT molecular complexity index is 514. The van der Waals surface area contributed by atoms with Gasteiger partial charge in [0.1, 0.15) is 0 Å². The largest absolute Gasteiger partial charge is 0.464 e. The monoisotopic (exact) mass is 254 g/mol. The van der Waals surface area contributed by atoms with E-state index in [4.69, 9.17) is 16.3 Å². The molecule has 0 aliphatic heterocycles. The summed E-state index contributed by atoms with van der Waals surface area (Å²) in [5, 5.41) is 7.11. The third kappa shape index (κ3) is 3.04. The van der Waals surface area contributed by atoms with Gasteiger partial charge in [0.25, 0.3) is 0 Å². The van der Waals surface area contributed by atoms with Gasteiger partial charge in [-0.15, -0.1) is 0 Å². The number of ether oxygens (including phenoxy) is 1. The topological polar surface area (TPSA) is 77.8 Å². The van der Waals surface area contributed by atoms with Crippen molar-refractivity contribution in [2.75, 3.05) is 11.9 Å². The number of aromatic nitrogens is 5. The Hall–Kier alpha value is -1.89. The van der Waals surface area contributed by atoms with Gasteiger partial charge in [-0.05, 0) is 18.5 Å². The van der Waals surface area contributed by atoms with Gasteiger partial charge in [-0.1, -0.05) is 0 Å². The predicted molar refractivity (Wildman–Crippen MR) is 62.5 cm³/mol. The Morgan fingerprint density at radius 2 is 2.24 bits per heavy atom. The summed E-state index contributed by atoms with van der Waals surface area (Å²) < 4.78 is 6.82. The number of nitrogens with one attached hydrogen (secondary N) is 1. The fourth-order valence-electron chi connectivity index (χ4n) is 1.18. The number of rotatable bonds is 4. The Balaban J connectivity index is 2.20. The molecular weight excluding hydrogens is 244 g/mol. The lowest BCUT2D eigenvalue weighted by molar-refractivity contribution is 0.312. The summed E-state index contributed by atoms with van der Waals surface area (Å²) in [6.07, 6.45) is 1.80. The van der Waals surface area contributed by atoms with Crippen LogP contribution in [0.3, 0.4) is 0 Å². The molecule has 0 aromatic carbocycles. The maximum atomic E-state index is 5.75. The molecule has 0 aliphatic carbocycles. The van der Waals surface area contributed by atoms with Crippen LogP contribution in [0.1, 0.15) is 6.92 Å². The lowest BCUT2D eigenvalue weighted by Crippen LogP contribution is -2.04. The third-order valence-corrected chi connectivity index (χ3v) is 1.98. The van der Waals surface area contributed by atoms with Crippen molar-refractivity contribution in [2.24, 2.45) is 7.05 Å². The number of nitrogens with zero attached hydrogens (tertiary/aromatic N) is 5. The van der Waals surface area contributed by atoms with Crippen molar-refractivity contribution in [1.82, 2.24) is 24.7 Å². The van der Waals surface area contributed by atoms with Crippen molar-refractivity contribution in [3.05, 3.63) is 17.5 Å². The van der Waals surface area contributed by atoms with Crippen LogP contribution in [-0.4, -0.2) is 31.3 Å². The van der Waals surface area contributed by atoms with Gasteiger partial charge in [0.2, 0.25) is 11.2 Å². The minimum absolute atomic E-state index is 0.0712. The molecule has 0 atom stereocenters. The third-order valence-electron chi connectivity index (χ3n) is 1.81. The van der Waals surface area contributed by atoms with E-state index in [1.54, 1.807) is 16.9 Å². The highest BCUT2D eigenvalue weighted by Gasteiger charge is 2.06. The molecule has 2 aromatic heterocycles. The zero-order valence-electron chi connectivity index (χ0n) is 9.38. The van der Waals surface area contributed by atoms with Crippen LogP contribution >= 0.6 is 11.6 Å². The van der Waals surface area contributed by atoms with Gasteiger partial charge in [-0.2, -0.15) is 20.1 Å². The highest BCUT2D eigenvalue weighted by molar-refractivity contribution is 6.28. The average Bonchev–Trinajstić information content (AvgIpc) is 2.63. The number of anilines is 2. The van der Waals surface area contributed by atoms with Crippen LogP contribution in [0.25, 0.3) is 0 Å². The summed E-state index contributed by atoms with van der Waals surface area (Å²) in [5.74, 6) is 0.921. The molecule has 0 bridgehead atoms. The normalized spacial score (nSPS) is 10.3. The summed E-state index contributed by atoms with van der Waals surface area (Å²) >= 11 is 5.75. The Labute approximate surface area is 103 Å². The van der Waals surface area contributed by atoms with Gasteiger partial charge in [0, 0.05) is 19.3 Å². The van der Waals surface area contributed by atoms with E-state index in [1.807, 2.05) is 14.0 Å². The molecule has 0 aliphatic rings. The summed E-state index contributed by atoms with van der Waals surface area (Å²) in [6.45, 7) is 2.30. The van der Waals surface area contributed by atoms with Crippen molar-refractivity contribution in [2.45, 2.75) is 6.92 Å². The molecule has 2 aromatic rings. The molecule has 0 radical (unpaired) electrons. The second-order valence-electron chi connectivity index (χ2n) is 3.14. The smallest absolute Gasteiger partial charge is 0.322 e. The molecule has 0 unspecified atom stereocenters. The first-order valence-corrected chi connectivity index (χ1v) is 5.36. The number of aryl methyl sites for hydroxylation is 1. The van der Waals surface area contributed by atoms with E-state index in [2.05, 4.69) is 25.4 Å². The zero-order chi connectivity index (χ0) is 12.3. The zero-order valence-corrected chi connectivity index (χ0v) is 10.1. The van der Waals surface area contributed by atoms with Crippen molar-refractivity contribution >= 4 is 23.4 Å². The molecule has 17 heavy (non-hydrogen) atoms. The molecule has 0 amide bonds. The molecule has 0 spiro atoms. The minimum Gasteiger partial charge on any atom is -0.464 e. The van der Waals surface area contributed by atoms with Gasteiger partial charge in [0.15, 0.2) is 5.82 Å². The van der Waals surface area contributed by atoms with Crippen LogP contribution in [-0.2, 0) is 7.05 Å². The molecular formula is C9H11ClN6O. The number of halogens is 1. The molecule has 0 fully saturated rings. The first-order valence-electron chi connectivity index (χ1n) is 4.98. The lowest BCUT2D eigenvalue weighted by atomic mass is 10.6. The van der Waals surface area contributed by atoms with E-state index in [1.165, 1.54) is 0 Å². The summed E-state index contributed by atoms with van der Waals surface area (Å²) in [5.41, 5.74) is 0. The van der Waals surface area contributed by atoms with Gasteiger partial charge in [-0.3, -0.25) is 4.68 Å². The predicted octanol–water partition coefficient (Wildman–Crippen LogP) is 1.40. The Morgan fingerprint density at radius 1 is 1.41 bits per heavy atom. The standard InChI is InChI=1S/C9H11ClN6O/c1-3-17-9-13-7(10)12-8(14-9)11-6-4-5-16(2)15-6/h4-5H,3H2,1-2H3,(H,11,12,13,14,15). The first kappa shape index (κ1) is 11.6. The SMILES string of the molecule is CCOc1nc(Cl)nc(Nc2ccn(C)n2)n1. The quantitative estimate of drug-likeness (QED) is 0.889. The summed E-state index contributed by atoms with van der Waals surface area (Å²) in [7, 11) is 1.82. The van der Waals surface area contributed by atoms with Crippen LogP contribution in [0.5, 0.6) is 6.01 Å². The van der Waals surface area contributed by atoms with Gasteiger partial charge >= 0.3 is 6.01 Å². The fraction of sp³-hybridized carbons (Fsp3) is 0.333. The maximum Gasteiger partial charge on any atom is 0.322 e. The van der Waals surface area contributed by atoms with Crippen molar-refractivity contribution < 1.29 is 4.74 Å². The molecule has 7 nitrogen and oxygen atoms in total. The molecule has 90 valence electrons. The molecule has 2 rings (SSSR count). The summed E-state index contributed by atoms with van der Waals surface area (Å²) in [4.78, 5) is 11.8. The van der Waals surface area contributed by atoms with Gasteiger partial charge in [0.05, 0.1) is 6.61 Å². The van der Waals surface area contributed by atoms with E-state index in [0.717, 1.165) is 0 Å². The summed E-state index contributed by atoms with van der Waals surface area (Å²) in [6, 6.07) is 1.98. The van der Waals surface area contributed by atoms with E-state index < -0.39 is 0 Å². The average molecular weight is 255 g/mol. The Kier molecular flexibility index (Phi) is 3.38. The molecule has 1 N–H and O–H groups in total. The van der Waals surface area contributed by atoms with E-state index in [0.29, 0.717) is 18.4 Å². The van der Waals surface area contributed by atoms with Crippen LogP contribution in [0.4, 0.5) is 11.8 Å². The second kappa shape index (κ2) is 4.96. The van der Waals surface area contributed by atoms with Gasteiger partial charge < -0.3 is 10.1 Å². The van der Waals surface area contributed by atoms with Crippen LogP contribution < -0.4 is 10.1 Å². The van der Waals surface area contributed by atoms with Crippen LogP contribution in [0, 0.1) is 0 Å².